The van der Waals surface area contributed by atoms with Crippen LogP contribution >= 0.6 is 0 Å². The fraction of sp³-hybridized carbons (Fsp3) is 0.857. The van der Waals surface area contributed by atoms with Gasteiger partial charge in [-0.25, -0.2) is 0 Å². The summed E-state index contributed by atoms with van der Waals surface area (Å²) in [5, 5.41) is 11.1. The fourth-order valence-corrected chi connectivity index (χ4v) is 5.53. The second-order valence-corrected chi connectivity index (χ2v) is 9.31. The van der Waals surface area contributed by atoms with Crippen molar-refractivity contribution in [1.82, 2.24) is 25.7 Å². The Hall–Kier alpha value is -1.47. The molecule has 0 aromatic carbocycles. The number of carbonyl (C=O) groups is 1. The number of carbonyl (C=O) groups excluding carboxylic acids is 1. The highest BCUT2D eigenvalue weighted by atomic mass is 16.5. The highest BCUT2D eigenvalue weighted by Crippen LogP contribution is 2.39. The minimum Gasteiger partial charge on any atom is -0.354 e. The van der Waals surface area contributed by atoms with Gasteiger partial charge in [0.1, 0.15) is 5.54 Å². The molecule has 0 unspecified atom stereocenters. The molecule has 5 rings (SSSR count). The summed E-state index contributed by atoms with van der Waals surface area (Å²) in [5.74, 6) is 2.17. The molecule has 2 atom stereocenters. The van der Waals surface area contributed by atoms with Crippen molar-refractivity contribution in [3.05, 3.63) is 11.7 Å². The van der Waals surface area contributed by atoms with Crippen LogP contribution in [0.15, 0.2) is 4.52 Å². The van der Waals surface area contributed by atoms with Gasteiger partial charge in [0.15, 0.2) is 5.82 Å². The van der Waals surface area contributed by atoms with E-state index in [1.807, 2.05) is 0 Å². The summed E-state index contributed by atoms with van der Waals surface area (Å²) in [7, 11) is 0. The first kappa shape index (κ1) is 18.6. The van der Waals surface area contributed by atoms with Crippen LogP contribution in [0.4, 0.5) is 0 Å². The molecule has 2 saturated heterocycles. The van der Waals surface area contributed by atoms with E-state index in [1.165, 1.54) is 32.1 Å². The smallest absolute Gasteiger partial charge is 0.240 e. The van der Waals surface area contributed by atoms with Gasteiger partial charge in [-0.1, -0.05) is 18.0 Å². The maximum atomic E-state index is 13.3. The molecule has 4 aliphatic rings. The summed E-state index contributed by atoms with van der Waals surface area (Å²) >= 11 is 0. The molecule has 0 spiro atoms. The fourth-order valence-electron chi connectivity index (χ4n) is 5.53. The summed E-state index contributed by atoms with van der Waals surface area (Å²) in [6.45, 7) is 2.64. The Morgan fingerprint density at radius 1 is 1.14 bits per heavy atom. The highest BCUT2D eigenvalue weighted by Gasteiger charge is 2.51. The van der Waals surface area contributed by atoms with Crippen LogP contribution < -0.4 is 10.6 Å². The molecular weight excluding hydrogens is 354 g/mol. The molecule has 7 heteroatoms. The number of fused-ring (bicyclic) bond motifs is 1. The molecule has 1 amide bonds. The first-order valence-electron chi connectivity index (χ1n) is 11.3. The second kappa shape index (κ2) is 7.75. The number of hydrogen-bond donors (Lipinski definition) is 2. The molecule has 4 fully saturated rings. The Morgan fingerprint density at radius 2 is 2.00 bits per heavy atom. The third kappa shape index (κ3) is 3.71. The summed E-state index contributed by atoms with van der Waals surface area (Å²) in [6.07, 6.45) is 12.5. The van der Waals surface area contributed by atoms with E-state index >= 15 is 0 Å². The van der Waals surface area contributed by atoms with Crippen LogP contribution in [-0.2, 0) is 11.2 Å². The van der Waals surface area contributed by atoms with Gasteiger partial charge < -0.3 is 15.2 Å². The number of nitrogens with one attached hydrogen (secondary N) is 2. The maximum Gasteiger partial charge on any atom is 0.240 e. The van der Waals surface area contributed by atoms with Crippen molar-refractivity contribution < 1.29 is 9.32 Å². The van der Waals surface area contributed by atoms with Gasteiger partial charge >= 0.3 is 0 Å². The molecule has 7 nitrogen and oxygen atoms in total. The summed E-state index contributed by atoms with van der Waals surface area (Å²) < 4.78 is 5.32. The maximum absolute atomic E-state index is 13.3. The topological polar surface area (TPSA) is 83.3 Å². The van der Waals surface area contributed by atoms with E-state index in [4.69, 9.17) is 4.52 Å². The van der Waals surface area contributed by atoms with Crippen LogP contribution in [-0.4, -0.2) is 58.2 Å². The molecule has 1 aromatic rings. The van der Waals surface area contributed by atoms with E-state index in [9.17, 15) is 4.79 Å². The number of rotatable bonds is 7. The minimum absolute atomic E-state index is 0.203. The standard InChI is InChI=1S/C21H33N5O2/c27-20(22-11-9-18-24-19(28-25-18)15-7-8-15)21-10-3-4-12-26(21)14-17(13-21)23-16-5-1-2-6-16/h15-17,23H,1-14H2,(H,22,27)/t17-,21-/m0/s1. The van der Waals surface area contributed by atoms with Gasteiger partial charge in [-0.05, 0) is 57.9 Å². The molecule has 1 aromatic heterocycles. The lowest BCUT2D eigenvalue weighted by molar-refractivity contribution is -0.133. The molecule has 28 heavy (non-hydrogen) atoms. The molecule has 3 heterocycles. The number of amides is 1. The van der Waals surface area contributed by atoms with Gasteiger partial charge in [0, 0.05) is 37.5 Å². The zero-order chi connectivity index (χ0) is 19.0. The monoisotopic (exact) mass is 387 g/mol. The van der Waals surface area contributed by atoms with Gasteiger partial charge in [-0.3, -0.25) is 9.69 Å². The Labute approximate surface area is 167 Å². The molecule has 0 bridgehead atoms. The zero-order valence-electron chi connectivity index (χ0n) is 16.8. The van der Waals surface area contributed by atoms with E-state index < -0.39 is 0 Å². The summed E-state index contributed by atoms with van der Waals surface area (Å²) in [6, 6.07) is 1.11. The van der Waals surface area contributed by atoms with E-state index in [0.29, 0.717) is 36.8 Å². The van der Waals surface area contributed by atoms with Crippen LogP contribution in [0, 0.1) is 0 Å². The largest absolute Gasteiger partial charge is 0.354 e. The van der Waals surface area contributed by atoms with Crippen molar-refractivity contribution in [1.29, 1.82) is 0 Å². The van der Waals surface area contributed by atoms with Crippen molar-refractivity contribution in [2.45, 2.75) is 94.2 Å². The van der Waals surface area contributed by atoms with Crippen molar-refractivity contribution in [3.63, 3.8) is 0 Å². The molecule has 2 aliphatic heterocycles. The number of nitrogens with zero attached hydrogens (tertiary/aromatic N) is 3. The van der Waals surface area contributed by atoms with Crippen molar-refractivity contribution >= 4 is 5.91 Å². The van der Waals surface area contributed by atoms with Gasteiger partial charge in [-0.15, -0.1) is 0 Å². The average molecular weight is 388 g/mol. The molecule has 154 valence electrons. The van der Waals surface area contributed by atoms with Crippen LogP contribution in [0.1, 0.15) is 81.8 Å². The number of hydrogen-bond acceptors (Lipinski definition) is 6. The molecular formula is C21H33N5O2. The van der Waals surface area contributed by atoms with Crippen LogP contribution in [0.5, 0.6) is 0 Å². The van der Waals surface area contributed by atoms with Gasteiger partial charge in [0.05, 0.1) is 0 Å². The quantitative estimate of drug-likeness (QED) is 0.746. The second-order valence-electron chi connectivity index (χ2n) is 9.31. The van der Waals surface area contributed by atoms with Crippen LogP contribution in [0.3, 0.4) is 0 Å². The van der Waals surface area contributed by atoms with Crippen molar-refractivity contribution in [2.75, 3.05) is 19.6 Å². The van der Waals surface area contributed by atoms with Gasteiger partial charge in [0.2, 0.25) is 11.8 Å². The SMILES string of the molecule is O=C(NCCc1noc(C2CC2)n1)[C@@]12CCCCN1C[C@@H](NC1CCCC1)C2. The first-order chi connectivity index (χ1) is 13.7. The third-order valence-electron chi connectivity index (χ3n) is 7.19. The third-order valence-corrected chi connectivity index (χ3v) is 7.19. The molecule has 2 N–H and O–H groups in total. The Kier molecular flexibility index (Phi) is 5.13. The minimum atomic E-state index is -0.315. The Bertz CT molecular complexity index is 697. The zero-order valence-corrected chi connectivity index (χ0v) is 16.8. The molecule has 0 radical (unpaired) electrons. The number of piperidine rings is 1. The van der Waals surface area contributed by atoms with E-state index in [2.05, 4.69) is 25.7 Å². The average Bonchev–Trinajstić information content (AvgIpc) is 3.09. The molecule has 2 aliphatic carbocycles. The Morgan fingerprint density at radius 3 is 2.82 bits per heavy atom. The van der Waals surface area contributed by atoms with Crippen LogP contribution in [0.2, 0.25) is 0 Å². The van der Waals surface area contributed by atoms with Crippen LogP contribution in [0.25, 0.3) is 0 Å². The first-order valence-corrected chi connectivity index (χ1v) is 11.3. The normalized spacial score (nSPS) is 31.2. The van der Waals surface area contributed by atoms with E-state index in [1.54, 1.807) is 0 Å². The summed E-state index contributed by atoms with van der Waals surface area (Å²) in [4.78, 5) is 20.2. The number of aromatic nitrogens is 2. The van der Waals surface area contributed by atoms with Gasteiger partial charge in [0.25, 0.3) is 0 Å². The predicted octanol–water partition coefficient (Wildman–Crippen LogP) is 2.13. The van der Waals surface area contributed by atoms with Crippen molar-refractivity contribution in [2.24, 2.45) is 0 Å². The lowest BCUT2D eigenvalue weighted by atomic mass is 9.84. The lowest BCUT2D eigenvalue weighted by Crippen LogP contribution is -2.57. The summed E-state index contributed by atoms with van der Waals surface area (Å²) in [5.41, 5.74) is -0.315. The van der Waals surface area contributed by atoms with Crippen molar-refractivity contribution in [3.8, 4) is 0 Å². The predicted molar refractivity (Wildman–Crippen MR) is 105 cm³/mol. The highest BCUT2D eigenvalue weighted by molar-refractivity contribution is 5.87. The van der Waals surface area contributed by atoms with E-state index in [-0.39, 0.29) is 11.4 Å². The van der Waals surface area contributed by atoms with Gasteiger partial charge in [-0.2, -0.15) is 4.98 Å². The molecule has 2 saturated carbocycles. The lowest BCUT2D eigenvalue weighted by Gasteiger charge is -2.40. The Balaban J connectivity index is 1.17. The van der Waals surface area contributed by atoms with E-state index in [0.717, 1.165) is 51.1 Å².